The minimum Gasteiger partial charge on any atom is -0.301 e. The van der Waals surface area contributed by atoms with E-state index >= 15 is 0 Å². The highest BCUT2D eigenvalue weighted by Gasteiger charge is 2.22. The quantitative estimate of drug-likeness (QED) is 0.754. The van der Waals surface area contributed by atoms with E-state index in [1.807, 2.05) is 6.07 Å². The summed E-state index contributed by atoms with van der Waals surface area (Å²) >= 11 is 0. The van der Waals surface area contributed by atoms with E-state index in [0.29, 0.717) is 6.04 Å². The van der Waals surface area contributed by atoms with E-state index in [1.54, 1.807) is 12.1 Å². The molecule has 1 saturated heterocycles. The van der Waals surface area contributed by atoms with Crippen molar-refractivity contribution in [3.63, 3.8) is 0 Å². The maximum atomic E-state index is 13.0. The van der Waals surface area contributed by atoms with Crippen LogP contribution in [0.5, 0.6) is 0 Å². The van der Waals surface area contributed by atoms with Gasteiger partial charge >= 0.3 is 0 Å². The van der Waals surface area contributed by atoms with Gasteiger partial charge in [0.05, 0.1) is 0 Å². The second-order valence-corrected chi connectivity index (χ2v) is 4.59. The molecule has 0 saturated carbocycles. The highest BCUT2D eigenvalue weighted by Crippen LogP contribution is 2.21. The van der Waals surface area contributed by atoms with Crippen molar-refractivity contribution < 1.29 is 4.39 Å². The molecule has 0 radical (unpaired) electrons. The van der Waals surface area contributed by atoms with E-state index in [9.17, 15) is 4.39 Å². The number of hydrogen-bond acceptors (Lipinski definition) is 1. The predicted octanol–water partition coefficient (Wildman–Crippen LogP) is 3.24. The Labute approximate surface area is 97.3 Å². The van der Waals surface area contributed by atoms with Crippen LogP contribution < -0.4 is 0 Å². The van der Waals surface area contributed by atoms with Crippen LogP contribution in [0.25, 0.3) is 0 Å². The summed E-state index contributed by atoms with van der Waals surface area (Å²) in [7, 11) is 0. The maximum Gasteiger partial charge on any atom is 0.123 e. The molecule has 1 heterocycles. The van der Waals surface area contributed by atoms with Crippen molar-refractivity contribution in [2.45, 2.75) is 38.6 Å². The van der Waals surface area contributed by atoms with Crippen LogP contribution in [0, 0.1) is 5.82 Å². The van der Waals surface area contributed by atoms with Crippen molar-refractivity contribution in [2.75, 3.05) is 13.1 Å². The minimum absolute atomic E-state index is 0.115. The molecule has 88 valence electrons. The van der Waals surface area contributed by atoms with Crippen LogP contribution in [-0.4, -0.2) is 24.0 Å². The zero-order valence-corrected chi connectivity index (χ0v) is 9.95. The molecule has 1 aliphatic heterocycles. The largest absolute Gasteiger partial charge is 0.301 e. The van der Waals surface area contributed by atoms with Gasteiger partial charge in [0.15, 0.2) is 0 Å². The molecule has 1 nitrogen and oxygen atoms in total. The molecule has 2 heteroatoms. The normalized spacial score (nSPS) is 21.5. The second-order valence-electron chi connectivity index (χ2n) is 4.59. The third kappa shape index (κ3) is 2.82. The molecule has 0 unspecified atom stereocenters. The molecule has 0 N–H and O–H groups in total. The summed E-state index contributed by atoms with van der Waals surface area (Å²) in [6.45, 7) is 4.61. The number of benzene rings is 1. The molecule has 0 aromatic heterocycles. The molecule has 0 amide bonds. The lowest BCUT2D eigenvalue weighted by Gasteiger charge is -2.22. The van der Waals surface area contributed by atoms with Gasteiger partial charge in [-0.05, 0) is 56.5 Å². The average Bonchev–Trinajstić information content (AvgIpc) is 2.74. The summed E-state index contributed by atoms with van der Waals surface area (Å²) in [5.74, 6) is -0.115. The fourth-order valence-corrected chi connectivity index (χ4v) is 2.66. The fraction of sp³-hybridized carbons (Fsp3) is 0.571. The number of halogens is 1. The van der Waals surface area contributed by atoms with Crippen LogP contribution in [0.2, 0.25) is 0 Å². The molecule has 1 atom stereocenters. The SMILES string of the molecule is CCN1CCC[C@H]1CCc1cccc(F)c1. The molecular weight excluding hydrogens is 201 g/mol. The van der Waals surface area contributed by atoms with E-state index < -0.39 is 0 Å². The molecule has 1 aromatic rings. The molecule has 16 heavy (non-hydrogen) atoms. The third-order valence-corrected chi connectivity index (χ3v) is 3.56. The highest BCUT2D eigenvalue weighted by atomic mass is 19.1. The van der Waals surface area contributed by atoms with Crippen LogP contribution in [0.4, 0.5) is 4.39 Å². The average molecular weight is 221 g/mol. The van der Waals surface area contributed by atoms with Gasteiger partial charge in [-0.1, -0.05) is 19.1 Å². The van der Waals surface area contributed by atoms with Gasteiger partial charge < -0.3 is 4.90 Å². The van der Waals surface area contributed by atoms with Gasteiger partial charge in [0.1, 0.15) is 5.82 Å². The molecule has 1 aromatic carbocycles. The lowest BCUT2D eigenvalue weighted by molar-refractivity contribution is 0.256. The highest BCUT2D eigenvalue weighted by molar-refractivity contribution is 5.16. The summed E-state index contributed by atoms with van der Waals surface area (Å²) in [5.41, 5.74) is 1.13. The van der Waals surface area contributed by atoms with Crippen molar-refractivity contribution in [1.29, 1.82) is 0 Å². The smallest absolute Gasteiger partial charge is 0.123 e. The molecule has 0 spiro atoms. The standard InChI is InChI=1S/C14H20FN/c1-2-16-10-4-7-14(16)9-8-12-5-3-6-13(15)11-12/h3,5-6,11,14H,2,4,7-10H2,1H3/t14-/m0/s1. The van der Waals surface area contributed by atoms with Crippen LogP contribution in [0.3, 0.4) is 0 Å². The number of nitrogens with zero attached hydrogens (tertiary/aromatic N) is 1. The Morgan fingerprint density at radius 2 is 2.31 bits per heavy atom. The Hall–Kier alpha value is -0.890. The van der Waals surface area contributed by atoms with E-state index in [-0.39, 0.29) is 5.82 Å². The predicted molar refractivity (Wildman–Crippen MR) is 65.0 cm³/mol. The first kappa shape index (κ1) is 11.6. The summed E-state index contributed by atoms with van der Waals surface area (Å²) in [6, 6.07) is 7.71. The van der Waals surface area contributed by atoms with E-state index in [2.05, 4.69) is 11.8 Å². The van der Waals surface area contributed by atoms with Gasteiger partial charge in [-0.3, -0.25) is 0 Å². The van der Waals surface area contributed by atoms with Gasteiger partial charge in [0.2, 0.25) is 0 Å². The first-order valence-corrected chi connectivity index (χ1v) is 6.28. The van der Waals surface area contributed by atoms with Gasteiger partial charge in [0, 0.05) is 6.04 Å². The Balaban J connectivity index is 1.87. The number of rotatable bonds is 4. The Morgan fingerprint density at radius 1 is 1.44 bits per heavy atom. The Bertz CT molecular complexity index is 337. The van der Waals surface area contributed by atoms with E-state index in [1.165, 1.54) is 25.5 Å². The van der Waals surface area contributed by atoms with Crippen molar-refractivity contribution in [1.82, 2.24) is 4.90 Å². The fourth-order valence-electron chi connectivity index (χ4n) is 2.66. The summed E-state index contributed by atoms with van der Waals surface area (Å²) in [5, 5.41) is 0. The monoisotopic (exact) mass is 221 g/mol. The zero-order chi connectivity index (χ0) is 11.4. The molecule has 2 rings (SSSR count). The summed E-state index contributed by atoms with van der Waals surface area (Å²) in [6.07, 6.45) is 4.79. The topological polar surface area (TPSA) is 3.24 Å². The first-order valence-electron chi connectivity index (χ1n) is 6.28. The van der Waals surface area contributed by atoms with Gasteiger partial charge in [0.25, 0.3) is 0 Å². The summed E-state index contributed by atoms with van der Waals surface area (Å²) < 4.78 is 13.0. The molecular formula is C14H20FN. The van der Waals surface area contributed by atoms with Crippen molar-refractivity contribution in [2.24, 2.45) is 0 Å². The lowest BCUT2D eigenvalue weighted by Crippen LogP contribution is -2.29. The van der Waals surface area contributed by atoms with Crippen molar-refractivity contribution in [3.8, 4) is 0 Å². The summed E-state index contributed by atoms with van der Waals surface area (Å²) in [4.78, 5) is 2.54. The zero-order valence-electron chi connectivity index (χ0n) is 9.95. The first-order chi connectivity index (χ1) is 7.79. The maximum absolute atomic E-state index is 13.0. The van der Waals surface area contributed by atoms with E-state index in [0.717, 1.165) is 24.9 Å². The van der Waals surface area contributed by atoms with Crippen LogP contribution >= 0.6 is 0 Å². The number of aryl methyl sites for hydroxylation is 1. The molecule has 0 aliphatic carbocycles. The lowest BCUT2D eigenvalue weighted by atomic mass is 10.0. The number of likely N-dealkylation sites (tertiary alicyclic amines) is 1. The van der Waals surface area contributed by atoms with Gasteiger partial charge in [-0.15, -0.1) is 0 Å². The van der Waals surface area contributed by atoms with Crippen molar-refractivity contribution >= 4 is 0 Å². The van der Waals surface area contributed by atoms with Crippen LogP contribution in [0.1, 0.15) is 31.7 Å². The van der Waals surface area contributed by atoms with Gasteiger partial charge in [-0.25, -0.2) is 4.39 Å². The van der Waals surface area contributed by atoms with Crippen molar-refractivity contribution in [3.05, 3.63) is 35.6 Å². The van der Waals surface area contributed by atoms with Crippen LogP contribution in [-0.2, 0) is 6.42 Å². The number of hydrogen-bond donors (Lipinski definition) is 0. The van der Waals surface area contributed by atoms with Gasteiger partial charge in [-0.2, -0.15) is 0 Å². The Kier molecular flexibility index (Phi) is 3.94. The molecule has 1 aliphatic rings. The second kappa shape index (κ2) is 5.44. The van der Waals surface area contributed by atoms with E-state index in [4.69, 9.17) is 0 Å². The molecule has 1 fully saturated rings. The minimum atomic E-state index is -0.115. The third-order valence-electron chi connectivity index (χ3n) is 3.56. The Morgan fingerprint density at radius 3 is 3.06 bits per heavy atom. The van der Waals surface area contributed by atoms with Crippen LogP contribution in [0.15, 0.2) is 24.3 Å². The molecule has 0 bridgehead atoms.